The molecule has 2 N–H and O–H groups in total. The molecule has 3 aromatic carbocycles. The molecular weight excluding hydrogens is 319 g/mol. The van der Waals surface area contributed by atoms with Crippen LogP contribution in [-0.2, 0) is 17.8 Å². The number of hydrogen-bond acceptors (Lipinski definition) is 3. The van der Waals surface area contributed by atoms with Crippen molar-refractivity contribution in [3.63, 3.8) is 0 Å². The fraction of sp³-hybridized carbons (Fsp3) is 0.100. The first-order valence-corrected chi connectivity index (χ1v) is 9.47. The largest absolute Gasteiger partial charge is 0.392 e. The molecule has 0 aliphatic carbocycles. The number of aliphatic hydroxyl groups is 2. The second-order valence-corrected chi connectivity index (χ2v) is 8.22. The van der Waals surface area contributed by atoms with Crippen LogP contribution in [0.25, 0.3) is 0 Å². The van der Waals surface area contributed by atoms with Crippen molar-refractivity contribution >= 4 is 23.1 Å². The first-order chi connectivity index (χ1) is 11.7. The van der Waals surface area contributed by atoms with Gasteiger partial charge in [0, 0.05) is 15.9 Å². The topological polar surface area (TPSA) is 57.5 Å². The first-order valence-electron chi connectivity index (χ1n) is 7.76. The van der Waals surface area contributed by atoms with Gasteiger partial charge < -0.3 is 14.8 Å². The first kappa shape index (κ1) is 16.7. The lowest BCUT2D eigenvalue weighted by Crippen LogP contribution is -2.30. The monoisotopic (exact) mass is 338 g/mol. The molecule has 122 valence electrons. The van der Waals surface area contributed by atoms with Gasteiger partial charge in [0.2, 0.25) is 0 Å². The van der Waals surface area contributed by atoms with Gasteiger partial charge in [0.25, 0.3) is 0 Å². The van der Waals surface area contributed by atoms with Gasteiger partial charge in [0.05, 0.1) is 13.2 Å². The molecule has 0 aromatic heterocycles. The Hall–Kier alpha value is -2.19. The Kier molecular flexibility index (Phi) is 4.96. The summed E-state index contributed by atoms with van der Waals surface area (Å²) in [4.78, 5) is 0. The molecular formula is C20H19O3P. The summed E-state index contributed by atoms with van der Waals surface area (Å²) < 4.78 is 14.4. The third-order valence-electron chi connectivity index (χ3n) is 4.10. The van der Waals surface area contributed by atoms with Gasteiger partial charge in [-0.3, -0.25) is 0 Å². The molecule has 3 nitrogen and oxygen atoms in total. The average molecular weight is 338 g/mol. The second-order valence-electron chi connectivity index (χ2n) is 5.52. The quantitative estimate of drug-likeness (QED) is 0.702. The van der Waals surface area contributed by atoms with Gasteiger partial charge in [-0.25, -0.2) is 0 Å². The predicted molar refractivity (Wildman–Crippen MR) is 97.7 cm³/mol. The number of benzene rings is 3. The van der Waals surface area contributed by atoms with Crippen molar-refractivity contribution < 1.29 is 14.8 Å². The van der Waals surface area contributed by atoms with E-state index in [1.165, 1.54) is 0 Å². The van der Waals surface area contributed by atoms with Crippen molar-refractivity contribution in [3.8, 4) is 0 Å². The zero-order chi connectivity index (χ0) is 17.0. The molecule has 0 spiro atoms. The Morgan fingerprint density at radius 1 is 0.625 bits per heavy atom. The van der Waals surface area contributed by atoms with Gasteiger partial charge in [0.1, 0.15) is 0 Å². The molecule has 0 saturated carbocycles. The van der Waals surface area contributed by atoms with Crippen molar-refractivity contribution in [2.24, 2.45) is 0 Å². The fourth-order valence-corrected chi connectivity index (χ4v) is 6.09. The van der Waals surface area contributed by atoms with Gasteiger partial charge in [0.15, 0.2) is 7.14 Å². The van der Waals surface area contributed by atoms with Crippen LogP contribution in [0.2, 0.25) is 0 Å². The highest BCUT2D eigenvalue weighted by atomic mass is 31.2. The Bertz CT molecular complexity index is 795. The SMILES string of the molecule is O=P(c1ccccc1)(c1ccccc1)c1c(CO)cccc1CO. The highest BCUT2D eigenvalue weighted by Crippen LogP contribution is 2.44. The van der Waals surface area contributed by atoms with E-state index in [1.54, 1.807) is 18.2 Å². The van der Waals surface area contributed by atoms with Crippen LogP contribution in [0, 0.1) is 0 Å². The van der Waals surface area contributed by atoms with Crippen molar-refractivity contribution in [1.82, 2.24) is 0 Å². The Labute approximate surface area is 141 Å². The number of hydrogen-bond donors (Lipinski definition) is 2. The van der Waals surface area contributed by atoms with E-state index in [0.717, 1.165) is 0 Å². The standard InChI is InChI=1S/C20H19O3P/c21-14-16-8-7-9-17(15-22)20(16)24(23,18-10-3-1-4-11-18)19-12-5-2-6-13-19/h1-13,21-22H,14-15H2. The average Bonchev–Trinajstić information content (AvgIpc) is 2.68. The summed E-state index contributed by atoms with van der Waals surface area (Å²) in [6.45, 7) is -0.459. The minimum Gasteiger partial charge on any atom is -0.392 e. The Balaban J connectivity index is 2.39. The van der Waals surface area contributed by atoms with E-state index in [-0.39, 0.29) is 13.2 Å². The van der Waals surface area contributed by atoms with Crippen LogP contribution in [0.1, 0.15) is 11.1 Å². The molecule has 0 radical (unpaired) electrons. The minimum atomic E-state index is -3.20. The van der Waals surface area contributed by atoms with Gasteiger partial charge in [-0.1, -0.05) is 78.9 Å². The molecule has 0 saturated heterocycles. The zero-order valence-electron chi connectivity index (χ0n) is 13.2. The van der Waals surface area contributed by atoms with E-state index in [0.29, 0.717) is 27.0 Å². The lowest BCUT2D eigenvalue weighted by molar-refractivity contribution is 0.277. The summed E-state index contributed by atoms with van der Waals surface area (Å²) in [5.41, 5.74) is 1.16. The summed E-state index contributed by atoms with van der Waals surface area (Å²) in [6, 6.07) is 23.8. The van der Waals surface area contributed by atoms with E-state index in [2.05, 4.69) is 0 Å². The fourth-order valence-electron chi connectivity index (χ4n) is 2.99. The van der Waals surface area contributed by atoms with Gasteiger partial charge in [-0.05, 0) is 11.1 Å². The third-order valence-corrected chi connectivity index (χ3v) is 7.35. The lowest BCUT2D eigenvalue weighted by atomic mass is 10.1. The zero-order valence-corrected chi connectivity index (χ0v) is 14.1. The van der Waals surface area contributed by atoms with Crippen molar-refractivity contribution in [2.75, 3.05) is 0 Å². The maximum absolute atomic E-state index is 14.4. The summed E-state index contributed by atoms with van der Waals surface area (Å²) >= 11 is 0. The van der Waals surface area contributed by atoms with E-state index in [1.807, 2.05) is 60.7 Å². The van der Waals surface area contributed by atoms with Crippen molar-refractivity contribution in [1.29, 1.82) is 0 Å². The normalized spacial score (nSPS) is 11.4. The smallest absolute Gasteiger partial charge is 0.171 e. The highest BCUT2D eigenvalue weighted by Gasteiger charge is 2.33. The van der Waals surface area contributed by atoms with Crippen LogP contribution in [0.4, 0.5) is 0 Å². The molecule has 24 heavy (non-hydrogen) atoms. The van der Waals surface area contributed by atoms with E-state index in [9.17, 15) is 14.8 Å². The Morgan fingerprint density at radius 3 is 1.42 bits per heavy atom. The van der Waals surface area contributed by atoms with Gasteiger partial charge in [-0.2, -0.15) is 0 Å². The second kappa shape index (κ2) is 7.14. The van der Waals surface area contributed by atoms with Crippen molar-refractivity contribution in [2.45, 2.75) is 13.2 Å². The maximum Gasteiger partial charge on any atom is 0.171 e. The molecule has 3 rings (SSSR count). The van der Waals surface area contributed by atoms with Crippen LogP contribution in [0.3, 0.4) is 0 Å². The van der Waals surface area contributed by atoms with Crippen molar-refractivity contribution in [3.05, 3.63) is 90.0 Å². The molecule has 0 aliphatic heterocycles. The van der Waals surface area contributed by atoms with Crippen LogP contribution < -0.4 is 15.9 Å². The van der Waals surface area contributed by atoms with Gasteiger partial charge >= 0.3 is 0 Å². The third kappa shape index (κ3) is 2.83. The summed E-state index contributed by atoms with van der Waals surface area (Å²) in [5.74, 6) is 0. The highest BCUT2D eigenvalue weighted by molar-refractivity contribution is 7.85. The molecule has 4 heteroatoms. The summed E-state index contributed by atoms with van der Waals surface area (Å²) in [5, 5.41) is 21.5. The lowest BCUT2D eigenvalue weighted by Gasteiger charge is -2.24. The molecule has 0 unspecified atom stereocenters. The van der Waals surface area contributed by atoms with E-state index in [4.69, 9.17) is 0 Å². The molecule has 3 aromatic rings. The van der Waals surface area contributed by atoms with E-state index >= 15 is 0 Å². The van der Waals surface area contributed by atoms with Crippen LogP contribution >= 0.6 is 7.14 Å². The molecule has 0 heterocycles. The Morgan fingerprint density at radius 2 is 1.04 bits per heavy atom. The number of aliphatic hydroxyl groups excluding tert-OH is 2. The van der Waals surface area contributed by atoms with Crippen LogP contribution in [0.5, 0.6) is 0 Å². The van der Waals surface area contributed by atoms with Gasteiger partial charge in [-0.15, -0.1) is 0 Å². The minimum absolute atomic E-state index is 0.229. The molecule has 0 fully saturated rings. The number of rotatable bonds is 5. The van der Waals surface area contributed by atoms with E-state index < -0.39 is 7.14 Å². The summed E-state index contributed by atoms with van der Waals surface area (Å²) in [6.07, 6.45) is 0. The maximum atomic E-state index is 14.4. The van der Waals surface area contributed by atoms with Crippen LogP contribution in [0.15, 0.2) is 78.9 Å². The molecule has 0 aliphatic rings. The predicted octanol–water partition coefficient (Wildman–Crippen LogP) is 2.31. The molecule has 0 bridgehead atoms. The summed E-state index contributed by atoms with van der Waals surface area (Å²) in [7, 11) is -3.20. The van der Waals surface area contributed by atoms with Crippen LogP contribution in [-0.4, -0.2) is 10.2 Å². The molecule has 0 amide bonds. The molecule has 0 atom stereocenters.